The lowest BCUT2D eigenvalue weighted by molar-refractivity contribution is -0.113. The quantitative estimate of drug-likeness (QED) is 0.396. The van der Waals surface area contributed by atoms with Gasteiger partial charge in [0.05, 0.1) is 23.7 Å². The summed E-state index contributed by atoms with van der Waals surface area (Å²) in [6.45, 7) is 0.717. The van der Waals surface area contributed by atoms with Gasteiger partial charge in [-0.15, -0.1) is 0 Å². The largest absolute Gasteiger partial charge is 0.394 e. The minimum Gasteiger partial charge on any atom is -0.394 e. The maximum absolute atomic E-state index is 12.2. The van der Waals surface area contributed by atoms with Gasteiger partial charge in [-0.1, -0.05) is 0 Å². The molecule has 5 N–H and O–H groups in total. The van der Waals surface area contributed by atoms with Crippen LogP contribution >= 0.6 is 0 Å². The molecule has 0 saturated carbocycles. The Bertz CT molecular complexity index is 885. The van der Waals surface area contributed by atoms with E-state index in [1.807, 2.05) is 0 Å². The summed E-state index contributed by atoms with van der Waals surface area (Å²) in [5.41, 5.74) is 4.85. The van der Waals surface area contributed by atoms with Gasteiger partial charge in [0, 0.05) is 19.5 Å². The number of ether oxygens (including phenoxy) is 1. The SMILES string of the molecule is CC(=O)C(=O)c1cn([C@H]2CC(O)[C@@H](CO)O2)c2nc(N)[nH]c(=O)c12. The molecule has 0 amide bonds. The molecule has 0 bridgehead atoms. The topological polar surface area (TPSA) is 161 Å². The van der Waals surface area contributed by atoms with E-state index in [0.29, 0.717) is 0 Å². The third-order valence-corrected chi connectivity index (χ3v) is 3.96. The molecule has 1 unspecified atom stereocenters. The highest BCUT2D eigenvalue weighted by atomic mass is 16.5. The van der Waals surface area contributed by atoms with Crippen LogP contribution in [0.25, 0.3) is 11.0 Å². The number of hydrogen-bond donors (Lipinski definition) is 4. The van der Waals surface area contributed by atoms with Crippen molar-refractivity contribution in [2.24, 2.45) is 0 Å². The molecule has 10 nitrogen and oxygen atoms in total. The van der Waals surface area contributed by atoms with Crippen LogP contribution in [0.1, 0.15) is 29.9 Å². The molecule has 1 fully saturated rings. The van der Waals surface area contributed by atoms with Gasteiger partial charge >= 0.3 is 0 Å². The highest BCUT2D eigenvalue weighted by Crippen LogP contribution is 2.32. The van der Waals surface area contributed by atoms with Crippen LogP contribution in [0.2, 0.25) is 0 Å². The summed E-state index contributed by atoms with van der Waals surface area (Å²) < 4.78 is 6.89. The van der Waals surface area contributed by atoms with Crippen LogP contribution in [-0.2, 0) is 9.53 Å². The van der Waals surface area contributed by atoms with Crippen molar-refractivity contribution in [2.45, 2.75) is 31.8 Å². The third-order valence-electron chi connectivity index (χ3n) is 3.96. The van der Waals surface area contributed by atoms with Crippen LogP contribution in [0.3, 0.4) is 0 Å². The molecule has 1 aliphatic rings. The van der Waals surface area contributed by atoms with E-state index in [-0.39, 0.29) is 35.6 Å². The van der Waals surface area contributed by atoms with Gasteiger partial charge in [-0.25, -0.2) is 0 Å². The third kappa shape index (κ3) is 2.50. The second kappa shape index (κ2) is 5.82. The predicted molar refractivity (Wildman–Crippen MR) is 81.4 cm³/mol. The summed E-state index contributed by atoms with van der Waals surface area (Å²) in [6.07, 6.45) is -1.06. The highest BCUT2D eigenvalue weighted by molar-refractivity contribution is 6.44. The van der Waals surface area contributed by atoms with Crippen molar-refractivity contribution < 1.29 is 24.5 Å². The van der Waals surface area contributed by atoms with Crippen LogP contribution in [-0.4, -0.2) is 55.1 Å². The number of nitrogen functional groups attached to an aromatic ring is 1. The molecule has 0 aromatic carbocycles. The predicted octanol–water partition coefficient (Wildman–Crippen LogP) is -1.28. The number of carbonyl (C=O) groups is 2. The number of aliphatic hydroxyl groups is 2. The van der Waals surface area contributed by atoms with Crippen molar-refractivity contribution in [3.05, 3.63) is 22.1 Å². The number of fused-ring (bicyclic) bond motifs is 1. The molecule has 0 spiro atoms. The first-order valence-electron chi connectivity index (χ1n) is 7.23. The van der Waals surface area contributed by atoms with E-state index >= 15 is 0 Å². The molecule has 2 aromatic heterocycles. The summed E-state index contributed by atoms with van der Waals surface area (Å²) in [7, 11) is 0. The smallest absolute Gasteiger partial charge is 0.262 e. The number of nitrogens with zero attached hydrogens (tertiary/aromatic N) is 2. The molecular formula is C14H16N4O6. The number of anilines is 1. The number of nitrogens with one attached hydrogen (secondary N) is 1. The molecule has 1 aliphatic heterocycles. The number of carbonyl (C=O) groups excluding carboxylic acids is 2. The maximum Gasteiger partial charge on any atom is 0.262 e. The van der Waals surface area contributed by atoms with Crippen molar-refractivity contribution in [1.82, 2.24) is 14.5 Å². The summed E-state index contributed by atoms with van der Waals surface area (Å²) in [5, 5.41) is 19.0. The van der Waals surface area contributed by atoms with Crippen LogP contribution in [0, 0.1) is 0 Å². The fourth-order valence-electron chi connectivity index (χ4n) is 2.80. The second-order valence-electron chi connectivity index (χ2n) is 5.60. The lowest BCUT2D eigenvalue weighted by atomic mass is 10.1. The number of aromatic nitrogens is 3. The molecule has 128 valence electrons. The molecule has 0 radical (unpaired) electrons. The fraction of sp³-hybridized carbons (Fsp3) is 0.429. The Balaban J connectivity index is 2.20. The van der Waals surface area contributed by atoms with E-state index in [2.05, 4.69) is 9.97 Å². The first-order valence-corrected chi connectivity index (χ1v) is 7.23. The monoisotopic (exact) mass is 336 g/mol. The second-order valence-corrected chi connectivity index (χ2v) is 5.60. The molecule has 0 aliphatic carbocycles. The summed E-state index contributed by atoms with van der Waals surface area (Å²) in [5.74, 6) is -1.73. The van der Waals surface area contributed by atoms with Gasteiger partial charge in [0.25, 0.3) is 5.56 Å². The molecular weight excluding hydrogens is 320 g/mol. The molecule has 1 saturated heterocycles. The van der Waals surface area contributed by atoms with Crippen LogP contribution in [0.15, 0.2) is 11.0 Å². The minimum atomic E-state index is -0.913. The number of aromatic amines is 1. The minimum absolute atomic E-state index is 0.0663. The van der Waals surface area contributed by atoms with E-state index in [1.165, 1.54) is 10.8 Å². The van der Waals surface area contributed by atoms with E-state index in [0.717, 1.165) is 6.92 Å². The number of hydrogen-bond acceptors (Lipinski definition) is 8. The highest BCUT2D eigenvalue weighted by Gasteiger charge is 2.36. The molecule has 2 aromatic rings. The molecule has 10 heteroatoms. The van der Waals surface area contributed by atoms with Crippen LogP contribution in [0.5, 0.6) is 0 Å². The maximum atomic E-state index is 12.2. The summed E-state index contributed by atoms with van der Waals surface area (Å²) in [4.78, 5) is 42.0. The molecule has 3 heterocycles. The molecule has 3 atom stereocenters. The van der Waals surface area contributed by atoms with E-state index < -0.39 is 35.6 Å². The normalized spacial score (nSPS) is 23.7. The number of ketones is 2. The lowest BCUT2D eigenvalue weighted by Gasteiger charge is -2.14. The van der Waals surface area contributed by atoms with E-state index in [4.69, 9.17) is 10.5 Å². The Morgan fingerprint density at radius 2 is 2.25 bits per heavy atom. The van der Waals surface area contributed by atoms with Crippen molar-refractivity contribution >= 4 is 28.5 Å². The van der Waals surface area contributed by atoms with Crippen LogP contribution in [0.4, 0.5) is 5.95 Å². The number of Topliss-reactive ketones (excluding diaryl/α,β-unsaturated/α-hetero) is 2. The van der Waals surface area contributed by atoms with Crippen molar-refractivity contribution in [3.8, 4) is 0 Å². The average Bonchev–Trinajstić information content (AvgIpc) is 3.06. The Hall–Kier alpha value is -2.56. The van der Waals surface area contributed by atoms with Crippen LogP contribution < -0.4 is 11.3 Å². The van der Waals surface area contributed by atoms with Gasteiger partial charge in [0.1, 0.15) is 12.3 Å². The zero-order chi connectivity index (χ0) is 17.6. The Kier molecular flexibility index (Phi) is 3.95. The van der Waals surface area contributed by atoms with Gasteiger partial charge in [-0.2, -0.15) is 4.98 Å². The first-order chi connectivity index (χ1) is 11.3. The van der Waals surface area contributed by atoms with Gasteiger partial charge in [-0.3, -0.25) is 19.4 Å². The van der Waals surface area contributed by atoms with Crippen molar-refractivity contribution in [3.63, 3.8) is 0 Å². The van der Waals surface area contributed by atoms with Crippen molar-refractivity contribution in [2.75, 3.05) is 12.3 Å². The van der Waals surface area contributed by atoms with Gasteiger partial charge in [0.2, 0.25) is 11.7 Å². The van der Waals surface area contributed by atoms with E-state index in [9.17, 15) is 24.6 Å². The number of rotatable bonds is 4. The zero-order valence-corrected chi connectivity index (χ0v) is 12.7. The Morgan fingerprint density at radius 3 is 2.83 bits per heavy atom. The Labute approximate surface area is 134 Å². The van der Waals surface area contributed by atoms with E-state index in [1.54, 1.807) is 0 Å². The lowest BCUT2D eigenvalue weighted by Crippen LogP contribution is -2.24. The number of aliphatic hydroxyl groups excluding tert-OH is 2. The zero-order valence-electron chi connectivity index (χ0n) is 12.7. The summed E-state index contributed by atoms with van der Waals surface area (Å²) >= 11 is 0. The number of nitrogens with two attached hydrogens (primary N) is 1. The van der Waals surface area contributed by atoms with Gasteiger partial charge < -0.3 is 25.3 Å². The van der Waals surface area contributed by atoms with Crippen molar-refractivity contribution in [1.29, 1.82) is 0 Å². The summed E-state index contributed by atoms with van der Waals surface area (Å²) in [6, 6.07) is 0. The fourth-order valence-corrected chi connectivity index (χ4v) is 2.80. The molecule has 3 rings (SSSR count). The first kappa shape index (κ1) is 16.3. The standard InChI is InChI=1S/C14H16N4O6/c1-5(20)11(22)6-3-18(9-2-7(21)8(4-19)24-9)12-10(6)13(23)17-14(15)16-12/h3,7-9,19,21H,2,4H2,1H3,(H3,15,16,17,23)/t7?,8-,9-/m1/s1. The van der Waals surface area contributed by atoms with Gasteiger partial charge in [-0.05, 0) is 0 Å². The van der Waals surface area contributed by atoms with Gasteiger partial charge in [0.15, 0.2) is 11.4 Å². The molecule has 24 heavy (non-hydrogen) atoms. The Morgan fingerprint density at radius 1 is 1.54 bits per heavy atom. The average molecular weight is 336 g/mol. The number of H-pyrrole nitrogens is 1.